The number of aromatic nitrogens is 1. The molecule has 0 fully saturated rings. The van der Waals surface area contributed by atoms with Crippen molar-refractivity contribution in [3.8, 4) is 0 Å². The van der Waals surface area contributed by atoms with E-state index >= 15 is 0 Å². The second kappa shape index (κ2) is 15.5. The second-order valence-electron chi connectivity index (χ2n) is 14.8. The zero-order valence-electron chi connectivity index (χ0n) is 31.3. The van der Waals surface area contributed by atoms with E-state index in [1.807, 2.05) is 6.07 Å². The molecule has 2 heterocycles. The van der Waals surface area contributed by atoms with Gasteiger partial charge in [0.05, 0.1) is 0 Å². The summed E-state index contributed by atoms with van der Waals surface area (Å²) in [5, 5.41) is 2.48. The molecule has 1 aromatic heterocycles. The van der Waals surface area contributed by atoms with Gasteiger partial charge in [-0.15, -0.1) is 17.7 Å². The van der Waals surface area contributed by atoms with Crippen molar-refractivity contribution in [3.05, 3.63) is 132 Å². The van der Waals surface area contributed by atoms with Gasteiger partial charge in [0.15, 0.2) is 0 Å². The molecular formula is C45H52AuN4-2. The summed E-state index contributed by atoms with van der Waals surface area (Å²) in [5.74, 6) is 1.79. The van der Waals surface area contributed by atoms with E-state index in [0.717, 1.165) is 11.0 Å². The van der Waals surface area contributed by atoms with Crippen LogP contribution in [0.3, 0.4) is 0 Å². The van der Waals surface area contributed by atoms with Crippen molar-refractivity contribution in [1.82, 2.24) is 4.98 Å². The van der Waals surface area contributed by atoms with Crippen LogP contribution in [0, 0.1) is 6.67 Å². The van der Waals surface area contributed by atoms with E-state index in [4.69, 9.17) is 0 Å². The molecule has 0 atom stereocenters. The Hall–Kier alpha value is -3.96. The molecular weight excluding hydrogens is 793 g/mol. The zero-order valence-corrected chi connectivity index (χ0v) is 33.5. The monoisotopic (exact) mass is 845 g/mol. The molecule has 0 spiro atoms. The number of para-hydroxylation sites is 5. The smallest absolute Gasteiger partial charge is 0.0366 e. The fourth-order valence-electron chi connectivity index (χ4n) is 7.09. The zero-order chi connectivity index (χ0) is 35.0. The Morgan fingerprint density at radius 1 is 0.500 bits per heavy atom. The first-order valence-corrected chi connectivity index (χ1v) is 17.9. The van der Waals surface area contributed by atoms with Crippen LogP contribution in [0.4, 0.5) is 28.4 Å². The molecule has 0 aliphatic carbocycles. The number of anilines is 5. The number of benzene rings is 5. The maximum absolute atomic E-state index is 4.60. The average Bonchev–Trinajstić information content (AvgIpc) is 3.66. The Labute approximate surface area is 316 Å². The van der Waals surface area contributed by atoms with E-state index in [1.54, 1.807) is 0 Å². The van der Waals surface area contributed by atoms with E-state index in [2.05, 4.69) is 193 Å². The van der Waals surface area contributed by atoms with E-state index in [-0.39, 0.29) is 22.4 Å². The number of rotatable bonds is 7. The number of nitrogens with zero attached hydrogens (tertiary/aromatic N) is 4. The van der Waals surface area contributed by atoms with E-state index in [1.165, 1.54) is 61.5 Å². The van der Waals surface area contributed by atoms with Gasteiger partial charge in [-0.05, 0) is 81.0 Å². The van der Waals surface area contributed by atoms with Crippen molar-refractivity contribution in [2.45, 2.75) is 79.1 Å². The standard InChI is InChI=1S/C31H39N2.C14H13N2.Au/c1-20(2)24-13-11-14-25(21(3)4)30(24)32-19-33(29-18-10-9-17-28(29)32)31-26(22(5)6)15-12-16-27(31)23(7)8;1-16(2)10-7-8-14-12(9-10)11-5-3-4-6-13(11)15-14;/h9-23H,1-8H3;3-9H,1-2H3;/q2*-1;. The summed E-state index contributed by atoms with van der Waals surface area (Å²) in [4.78, 5) is 11.6. The summed E-state index contributed by atoms with van der Waals surface area (Å²) in [6.45, 7) is 20.7. The molecule has 0 amide bonds. The molecule has 6 aromatic rings. The minimum absolute atomic E-state index is 0. The fourth-order valence-corrected chi connectivity index (χ4v) is 7.09. The third-order valence-corrected chi connectivity index (χ3v) is 9.73. The van der Waals surface area contributed by atoms with Crippen molar-refractivity contribution >= 4 is 50.2 Å². The summed E-state index contributed by atoms with van der Waals surface area (Å²) in [7, 11) is 4.11. The van der Waals surface area contributed by atoms with Gasteiger partial charge in [0, 0.05) is 64.9 Å². The summed E-state index contributed by atoms with van der Waals surface area (Å²) in [6.07, 6.45) is 0. The topological polar surface area (TPSA) is 23.8 Å². The summed E-state index contributed by atoms with van der Waals surface area (Å²) in [5.41, 5.74) is 14.1. The minimum atomic E-state index is 0. The van der Waals surface area contributed by atoms with Crippen molar-refractivity contribution < 1.29 is 22.4 Å². The third-order valence-electron chi connectivity index (χ3n) is 9.73. The number of hydrogen-bond donors (Lipinski definition) is 0. The van der Waals surface area contributed by atoms with Gasteiger partial charge in [-0.3, -0.25) is 0 Å². The van der Waals surface area contributed by atoms with Gasteiger partial charge in [-0.2, -0.15) is 0 Å². The number of hydrogen-bond acceptors (Lipinski definition) is 3. The van der Waals surface area contributed by atoms with Crippen molar-refractivity contribution in [3.63, 3.8) is 0 Å². The quantitative estimate of drug-likeness (QED) is 0.118. The van der Waals surface area contributed by atoms with Crippen molar-refractivity contribution in [2.75, 3.05) is 28.8 Å². The fraction of sp³-hybridized carbons (Fsp3) is 0.311. The minimum Gasteiger partial charge on any atom is -0.657 e. The van der Waals surface area contributed by atoms with Crippen molar-refractivity contribution in [1.29, 1.82) is 0 Å². The molecule has 4 nitrogen and oxygen atoms in total. The molecule has 1 aliphatic rings. The van der Waals surface area contributed by atoms with Gasteiger partial charge in [-0.25, -0.2) is 0 Å². The van der Waals surface area contributed by atoms with Crippen LogP contribution in [0.2, 0.25) is 0 Å². The first-order valence-electron chi connectivity index (χ1n) is 17.9. The average molecular weight is 846 g/mol. The molecule has 0 bridgehead atoms. The Bertz CT molecular complexity index is 1930. The molecule has 0 saturated heterocycles. The Balaban J connectivity index is 0.000000238. The maximum Gasteiger partial charge on any atom is 0.0366 e. The summed E-state index contributed by atoms with van der Waals surface area (Å²) < 4.78 is 0. The van der Waals surface area contributed by atoms with Crippen LogP contribution in [-0.4, -0.2) is 14.1 Å². The predicted octanol–water partition coefficient (Wildman–Crippen LogP) is 12.6. The normalized spacial score (nSPS) is 12.6. The largest absolute Gasteiger partial charge is 0.657 e. The first kappa shape index (κ1) is 37.3. The van der Waals surface area contributed by atoms with E-state index in [0.29, 0.717) is 23.7 Å². The van der Waals surface area contributed by atoms with Crippen LogP contribution in [0.15, 0.2) is 103 Å². The van der Waals surface area contributed by atoms with Gasteiger partial charge >= 0.3 is 0 Å². The van der Waals surface area contributed by atoms with Crippen LogP contribution < -0.4 is 19.7 Å². The van der Waals surface area contributed by atoms with E-state index < -0.39 is 0 Å². The number of fused-ring (bicyclic) bond motifs is 4. The van der Waals surface area contributed by atoms with Gasteiger partial charge in [0.25, 0.3) is 0 Å². The molecule has 5 heteroatoms. The van der Waals surface area contributed by atoms with Gasteiger partial charge in [0.1, 0.15) is 0 Å². The maximum atomic E-state index is 4.60. The van der Waals surface area contributed by atoms with Crippen LogP contribution in [0.25, 0.3) is 21.8 Å². The SMILES string of the molecule is CC(C)c1cccc(C(C)C)c1N1[CH-]N(c2c(C(C)C)cccc2C(C)C)c2ccccc21.CN(C)c1ccc2[n-]c3ccccc3c2c1.[Au]. The van der Waals surface area contributed by atoms with E-state index in [9.17, 15) is 0 Å². The van der Waals surface area contributed by atoms with Crippen LogP contribution in [-0.2, 0) is 22.4 Å². The molecule has 265 valence electrons. The Morgan fingerprint density at radius 2 is 0.920 bits per heavy atom. The first-order chi connectivity index (χ1) is 23.5. The van der Waals surface area contributed by atoms with Crippen LogP contribution in [0.5, 0.6) is 0 Å². The summed E-state index contributed by atoms with van der Waals surface area (Å²) in [6, 6.07) is 37.2. The van der Waals surface area contributed by atoms with Crippen LogP contribution >= 0.6 is 0 Å². The Kier molecular flexibility index (Phi) is 11.6. The van der Waals surface area contributed by atoms with Crippen molar-refractivity contribution in [2.24, 2.45) is 0 Å². The molecule has 5 aromatic carbocycles. The molecule has 0 saturated carbocycles. The van der Waals surface area contributed by atoms with Gasteiger partial charge < -0.3 is 19.7 Å². The Morgan fingerprint density at radius 3 is 1.36 bits per heavy atom. The second-order valence-corrected chi connectivity index (χ2v) is 14.8. The molecule has 50 heavy (non-hydrogen) atoms. The molecule has 1 radical (unpaired) electrons. The van der Waals surface area contributed by atoms with Crippen LogP contribution in [0.1, 0.15) is 101 Å². The predicted molar refractivity (Wildman–Crippen MR) is 213 cm³/mol. The van der Waals surface area contributed by atoms with Gasteiger partial charge in [0.2, 0.25) is 0 Å². The summed E-state index contributed by atoms with van der Waals surface area (Å²) >= 11 is 0. The third kappa shape index (κ3) is 7.12. The molecule has 7 rings (SSSR count). The molecule has 0 N–H and O–H groups in total. The molecule has 1 aliphatic heterocycles. The van der Waals surface area contributed by atoms with Gasteiger partial charge in [-0.1, -0.05) is 134 Å². The molecule has 0 unspecified atom stereocenters.